The van der Waals surface area contributed by atoms with Gasteiger partial charge in [-0.3, -0.25) is 19.4 Å². The molecule has 2 N–H and O–H groups in total. The maximum absolute atomic E-state index is 13.2. The van der Waals surface area contributed by atoms with Gasteiger partial charge in [0.2, 0.25) is 11.9 Å². The van der Waals surface area contributed by atoms with E-state index >= 15 is 0 Å². The van der Waals surface area contributed by atoms with E-state index in [1.807, 2.05) is 23.6 Å². The summed E-state index contributed by atoms with van der Waals surface area (Å²) in [5, 5.41) is 14.6. The van der Waals surface area contributed by atoms with Crippen molar-refractivity contribution in [2.45, 2.75) is 64.8 Å². The molecule has 202 valence electrons. The molecule has 2 fully saturated rings. The predicted molar refractivity (Wildman–Crippen MR) is 152 cm³/mol. The molecule has 0 bridgehead atoms. The standard InChI is InChI=1S/C28H35BrN6O3/c1-18-24-17-30-28(32-26(24)35(27(37)25(18)29)23-5-3-4-6-23)31-21-7-9-22(10-8-21)33-14-11-20(12-15-33)13-16-34(38)19(2)36/h7-10,17,20,23,38H,3-6,11-16H2,1-2H3,(H,30,31,32). The summed E-state index contributed by atoms with van der Waals surface area (Å²) in [6.07, 6.45) is 8.95. The number of benzene rings is 1. The lowest BCUT2D eigenvalue weighted by molar-refractivity contribution is -0.163. The van der Waals surface area contributed by atoms with Crippen LogP contribution in [0.5, 0.6) is 0 Å². The molecule has 10 heteroatoms. The number of nitrogens with zero attached hydrogens (tertiary/aromatic N) is 5. The summed E-state index contributed by atoms with van der Waals surface area (Å²) in [5.74, 6) is 0.677. The highest BCUT2D eigenvalue weighted by Gasteiger charge is 2.24. The van der Waals surface area contributed by atoms with E-state index in [0.29, 0.717) is 28.5 Å². The summed E-state index contributed by atoms with van der Waals surface area (Å²) in [4.78, 5) is 36.1. The van der Waals surface area contributed by atoms with Gasteiger partial charge in [-0.1, -0.05) is 12.8 Å². The van der Waals surface area contributed by atoms with Crippen LogP contribution in [0.2, 0.25) is 0 Å². The number of hydrogen-bond acceptors (Lipinski definition) is 7. The van der Waals surface area contributed by atoms with Gasteiger partial charge in [0.1, 0.15) is 5.65 Å². The number of carbonyl (C=O) groups is 1. The lowest BCUT2D eigenvalue weighted by Gasteiger charge is -2.34. The van der Waals surface area contributed by atoms with Gasteiger partial charge in [0, 0.05) is 55.6 Å². The number of carbonyl (C=O) groups excluding carboxylic acids is 1. The summed E-state index contributed by atoms with van der Waals surface area (Å²) in [6, 6.07) is 8.43. The first-order valence-corrected chi connectivity index (χ1v) is 14.3. The fourth-order valence-electron chi connectivity index (χ4n) is 5.69. The number of hydrogen-bond donors (Lipinski definition) is 2. The van der Waals surface area contributed by atoms with Gasteiger partial charge in [-0.05, 0) is 90.7 Å². The minimum Gasteiger partial charge on any atom is -0.372 e. The fraction of sp³-hybridized carbons (Fsp3) is 0.500. The second-order valence-corrected chi connectivity index (χ2v) is 11.3. The molecule has 0 spiro atoms. The van der Waals surface area contributed by atoms with E-state index in [0.717, 1.165) is 85.4 Å². The second kappa shape index (κ2) is 11.4. The van der Waals surface area contributed by atoms with Crippen molar-refractivity contribution in [3.8, 4) is 0 Å². The lowest BCUT2D eigenvalue weighted by atomic mass is 9.93. The van der Waals surface area contributed by atoms with Gasteiger partial charge in [0.15, 0.2) is 0 Å². The Kier molecular flexibility index (Phi) is 7.99. The molecule has 0 atom stereocenters. The molecular weight excluding hydrogens is 548 g/mol. The molecule has 5 rings (SSSR count). The Balaban J connectivity index is 1.27. The van der Waals surface area contributed by atoms with Crippen LogP contribution >= 0.6 is 15.9 Å². The van der Waals surface area contributed by atoms with E-state index in [2.05, 4.69) is 43.3 Å². The predicted octanol–water partition coefficient (Wildman–Crippen LogP) is 5.57. The average molecular weight is 584 g/mol. The SMILES string of the molecule is CC(=O)N(O)CCC1CCN(c2ccc(Nc3ncc4c(C)c(Br)c(=O)n(C5CCCC5)c4n3)cc2)CC1. The molecule has 1 saturated heterocycles. The molecule has 1 aliphatic carbocycles. The van der Waals surface area contributed by atoms with Crippen LogP contribution in [0.15, 0.2) is 39.7 Å². The summed E-state index contributed by atoms with van der Waals surface area (Å²) in [5.41, 5.74) is 3.58. The van der Waals surface area contributed by atoms with E-state index in [9.17, 15) is 14.8 Å². The molecule has 2 aliphatic rings. The molecule has 38 heavy (non-hydrogen) atoms. The molecule has 0 radical (unpaired) electrons. The number of piperidine rings is 1. The Bertz CT molecular complexity index is 1360. The first-order valence-electron chi connectivity index (χ1n) is 13.5. The Morgan fingerprint density at radius 2 is 1.84 bits per heavy atom. The van der Waals surface area contributed by atoms with Crippen molar-refractivity contribution in [3.63, 3.8) is 0 Å². The summed E-state index contributed by atoms with van der Waals surface area (Å²) >= 11 is 3.50. The minimum absolute atomic E-state index is 0.0211. The molecule has 3 aromatic rings. The van der Waals surface area contributed by atoms with Crippen molar-refractivity contribution in [2.75, 3.05) is 29.9 Å². The molecule has 9 nitrogen and oxygen atoms in total. The normalized spacial score (nSPS) is 16.8. The van der Waals surface area contributed by atoms with Gasteiger partial charge < -0.3 is 10.2 Å². The number of nitrogens with one attached hydrogen (secondary N) is 1. The van der Waals surface area contributed by atoms with Gasteiger partial charge in [0.05, 0.1) is 4.47 Å². The molecule has 1 aliphatic heterocycles. The van der Waals surface area contributed by atoms with Crippen molar-refractivity contribution in [3.05, 3.63) is 50.9 Å². The number of pyridine rings is 1. The lowest BCUT2D eigenvalue weighted by Crippen LogP contribution is -2.35. The monoisotopic (exact) mass is 582 g/mol. The van der Waals surface area contributed by atoms with E-state index < -0.39 is 0 Å². The van der Waals surface area contributed by atoms with E-state index in [-0.39, 0.29) is 17.5 Å². The Morgan fingerprint density at radius 3 is 2.50 bits per heavy atom. The van der Waals surface area contributed by atoms with Gasteiger partial charge in [0.25, 0.3) is 5.56 Å². The van der Waals surface area contributed by atoms with Crippen LogP contribution in [0.3, 0.4) is 0 Å². The zero-order chi connectivity index (χ0) is 26.8. The van der Waals surface area contributed by atoms with Crippen LogP contribution in [0.4, 0.5) is 17.3 Å². The topological polar surface area (TPSA) is 104 Å². The number of aryl methyl sites for hydroxylation is 1. The third kappa shape index (κ3) is 5.56. The Morgan fingerprint density at radius 1 is 1.16 bits per heavy atom. The zero-order valence-corrected chi connectivity index (χ0v) is 23.6. The van der Waals surface area contributed by atoms with Crippen molar-refractivity contribution in [2.24, 2.45) is 5.92 Å². The van der Waals surface area contributed by atoms with E-state index in [4.69, 9.17) is 4.98 Å². The van der Waals surface area contributed by atoms with Gasteiger partial charge >= 0.3 is 0 Å². The quantitative estimate of drug-likeness (QED) is 0.277. The highest BCUT2D eigenvalue weighted by Crippen LogP contribution is 2.33. The molecule has 3 heterocycles. The Hall–Kier alpha value is -2.98. The van der Waals surface area contributed by atoms with E-state index in [1.54, 1.807) is 6.20 Å². The number of hydroxylamine groups is 2. The van der Waals surface area contributed by atoms with Crippen LogP contribution in [0, 0.1) is 12.8 Å². The minimum atomic E-state index is -0.309. The molecule has 1 amide bonds. The van der Waals surface area contributed by atoms with Crippen LogP contribution in [-0.2, 0) is 4.79 Å². The third-order valence-electron chi connectivity index (χ3n) is 8.04. The number of fused-ring (bicyclic) bond motifs is 1. The van der Waals surface area contributed by atoms with Crippen LogP contribution in [0.25, 0.3) is 11.0 Å². The van der Waals surface area contributed by atoms with Crippen molar-refractivity contribution in [1.82, 2.24) is 19.6 Å². The second-order valence-electron chi connectivity index (χ2n) is 10.5. The number of aromatic nitrogens is 3. The maximum Gasteiger partial charge on any atom is 0.267 e. The summed E-state index contributed by atoms with van der Waals surface area (Å²) < 4.78 is 2.45. The summed E-state index contributed by atoms with van der Waals surface area (Å²) in [6.45, 7) is 5.60. The molecule has 0 unspecified atom stereocenters. The van der Waals surface area contributed by atoms with Crippen LogP contribution in [0.1, 0.15) is 63.5 Å². The van der Waals surface area contributed by atoms with Crippen molar-refractivity contribution in [1.29, 1.82) is 0 Å². The highest BCUT2D eigenvalue weighted by atomic mass is 79.9. The largest absolute Gasteiger partial charge is 0.372 e. The van der Waals surface area contributed by atoms with Gasteiger partial charge in [-0.2, -0.15) is 4.98 Å². The van der Waals surface area contributed by atoms with Crippen molar-refractivity contribution >= 4 is 50.2 Å². The molecule has 2 aromatic heterocycles. The maximum atomic E-state index is 13.2. The van der Waals surface area contributed by atoms with Crippen molar-refractivity contribution < 1.29 is 10.0 Å². The smallest absolute Gasteiger partial charge is 0.267 e. The first kappa shape index (κ1) is 26.6. The molecular formula is C28H35BrN6O3. The number of anilines is 3. The first-order chi connectivity index (χ1) is 18.3. The number of rotatable bonds is 7. The summed E-state index contributed by atoms with van der Waals surface area (Å²) in [7, 11) is 0. The third-order valence-corrected chi connectivity index (χ3v) is 8.98. The number of amides is 1. The molecule has 1 aromatic carbocycles. The fourth-order valence-corrected chi connectivity index (χ4v) is 6.09. The highest BCUT2D eigenvalue weighted by molar-refractivity contribution is 9.10. The van der Waals surface area contributed by atoms with Crippen LogP contribution in [-0.4, -0.2) is 50.3 Å². The van der Waals surface area contributed by atoms with Gasteiger partial charge in [-0.25, -0.2) is 10.0 Å². The van der Waals surface area contributed by atoms with Gasteiger partial charge in [-0.15, -0.1) is 0 Å². The molecule has 1 saturated carbocycles. The van der Waals surface area contributed by atoms with Crippen LogP contribution < -0.4 is 15.8 Å². The van der Waals surface area contributed by atoms with E-state index in [1.165, 1.54) is 6.92 Å². The average Bonchev–Trinajstić information content (AvgIpc) is 3.46. The Labute approximate surface area is 231 Å². The number of halogens is 1. The zero-order valence-electron chi connectivity index (χ0n) is 22.0.